The number of nitrogens with two attached hydrogens (primary N) is 1. The van der Waals surface area contributed by atoms with Gasteiger partial charge in [0.1, 0.15) is 0 Å². The van der Waals surface area contributed by atoms with Gasteiger partial charge >= 0.3 is 0 Å². The maximum absolute atomic E-state index is 11.0. The second kappa shape index (κ2) is 3.53. The molecule has 0 spiro atoms. The molecule has 1 amide bonds. The normalized spacial score (nSPS) is 10.2. The van der Waals surface area contributed by atoms with Crippen LogP contribution in [0.2, 0.25) is 0 Å². The van der Waals surface area contributed by atoms with Gasteiger partial charge in [0, 0.05) is 36.8 Å². The lowest BCUT2D eigenvalue weighted by molar-refractivity contribution is 0.1000. The number of pyridine rings is 1. The molecule has 0 fully saturated rings. The Balaban J connectivity index is 2.45. The van der Waals surface area contributed by atoms with Crippen molar-refractivity contribution in [3.63, 3.8) is 0 Å². The van der Waals surface area contributed by atoms with Crippen molar-refractivity contribution in [1.82, 2.24) is 14.8 Å². The second-order valence-corrected chi connectivity index (χ2v) is 3.23. The number of amides is 1. The maximum atomic E-state index is 11.0. The average molecular weight is 202 g/mol. The van der Waals surface area contributed by atoms with Gasteiger partial charge in [-0.15, -0.1) is 0 Å². The minimum absolute atomic E-state index is 0.399. The van der Waals surface area contributed by atoms with E-state index in [1.54, 1.807) is 23.1 Å². The zero-order valence-electron chi connectivity index (χ0n) is 8.21. The van der Waals surface area contributed by atoms with Crippen molar-refractivity contribution in [2.24, 2.45) is 12.8 Å². The first-order valence-electron chi connectivity index (χ1n) is 4.40. The van der Waals surface area contributed by atoms with Crippen LogP contribution in [0.4, 0.5) is 0 Å². The maximum Gasteiger partial charge on any atom is 0.250 e. The number of carbonyl (C=O) groups excluding carboxylic acids is 1. The molecule has 0 bridgehead atoms. The molecule has 0 atom stereocenters. The van der Waals surface area contributed by atoms with E-state index < -0.39 is 5.91 Å². The summed E-state index contributed by atoms with van der Waals surface area (Å²) in [6.07, 6.45) is 6.68. The Labute approximate surface area is 86.5 Å². The minimum atomic E-state index is -0.478. The Hall–Kier alpha value is -2.17. The van der Waals surface area contributed by atoms with Crippen molar-refractivity contribution >= 4 is 5.91 Å². The molecule has 0 aliphatic rings. The molecule has 2 aromatic rings. The van der Waals surface area contributed by atoms with Crippen molar-refractivity contribution < 1.29 is 4.79 Å². The molecule has 5 heteroatoms. The topological polar surface area (TPSA) is 73.8 Å². The molecule has 2 aromatic heterocycles. The number of primary amides is 1. The van der Waals surface area contributed by atoms with Gasteiger partial charge in [-0.1, -0.05) is 0 Å². The summed E-state index contributed by atoms with van der Waals surface area (Å²) in [5, 5.41) is 4.04. The van der Waals surface area contributed by atoms with Crippen LogP contribution in [0.15, 0.2) is 30.9 Å². The molecule has 5 nitrogen and oxygen atoms in total. The monoisotopic (exact) mass is 202 g/mol. The van der Waals surface area contributed by atoms with Crippen LogP contribution in [0.1, 0.15) is 10.4 Å². The predicted octanol–water partition coefficient (Wildman–Crippen LogP) is 0.581. The van der Waals surface area contributed by atoms with Gasteiger partial charge < -0.3 is 5.73 Å². The number of hydrogen-bond donors (Lipinski definition) is 1. The highest BCUT2D eigenvalue weighted by Crippen LogP contribution is 2.17. The molecule has 0 radical (unpaired) electrons. The van der Waals surface area contributed by atoms with E-state index in [1.165, 1.54) is 6.20 Å². The van der Waals surface area contributed by atoms with Gasteiger partial charge in [0.15, 0.2) is 0 Å². The summed E-state index contributed by atoms with van der Waals surface area (Å²) < 4.78 is 1.69. The fourth-order valence-electron chi connectivity index (χ4n) is 1.30. The standard InChI is InChI=1S/C10H10N4O/c1-14-6-9(5-13-14)7-2-8(10(11)15)4-12-3-7/h2-6H,1H3,(H2,11,15). The van der Waals surface area contributed by atoms with Crippen LogP contribution in [0.25, 0.3) is 11.1 Å². The molecule has 0 aromatic carbocycles. The van der Waals surface area contributed by atoms with Crippen LogP contribution in [0.5, 0.6) is 0 Å². The first-order chi connectivity index (χ1) is 7.16. The molecule has 2 rings (SSSR count). The third-order valence-electron chi connectivity index (χ3n) is 2.06. The van der Waals surface area contributed by atoms with Gasteiger partial charge in [-0.2, -0.15) is 5.10 Å². The number of carbonyl (C=O) groups is 1. The largest absolute Gasteiger partial charge is 0.366 e. The molecule has 0 aliphatic heterocycles. The highest BCUT2D eigenvalue weighted by atomic mass is 16.1. The highest BCUT2D eigenvalue weighted by Gasteiger charge is 2.05. The smallest absolute Gasteiger partial charge is 0.250 e. The lowest BCUT2D eigenvalue weighted by atomic mass is 10.1. The summed E-state index contributed by atoms with van der Waals surface area (Å²) in [5.74, 6) is -0.478. The molecular formula is C10H10N4O. The van der Waals surface area contributed by atoms with Crippen molar-refractivity contribution in [3.05, 3.63) is 36.4 Å². The summed E-state index contributed by atoms with van der Waals surface area (Å²) in [6.45, 7) is 0. The van der Waals surface area contributed by atoms with E-state index >= 15 is 0 Å². The van der Waals surface area contributed by atoms with Crippen LogP contribution < -0.4 is 5.73 Å². The Bertz CT molecular complexity index is 504. The number of aryl methyl sites for hydroxylation is 1. The van der Waals surface area contributed by atoms with Crippen LogP contribution in [0, 0.1) is 0 Å². The summed E-state index contributed by atoms with van der Waals surface area (Å²) in [7, 11) is 1.83. The second-order valence-electron chi connectivity index (χ2n) is 3.23. The van der Waals surface area contributed by atoms with Gasteiger partial charge in [0.05, 0.1) is 11.8 Å². The molecular weight excluding hydrogens is 192 g/mol. The zero-order valence-corrected chi connectivity index (χ0v) is 8.21. The summed E-state index contributed by atoms with van der Waals surface area (Å²) >= 11 is 0. The van der Waals surface area contributed by atoms with Crippen LogP contribution in [-0.2, 0) is 7.05 Å². The predicted molar refractivity (Wildman–Crippen MR) is 55.0 cm³/mol. The SMILES string of the molecule is Cn1cc(-c2cncc(C(N)=O)c2)cn1. The molecule has 2 N–H and O–H groups in total. The first-order valence-corrected chi connectivity index (χ1v) is 4.40. The van der Waals surface area contributed by atoms with Crippen molar-refractivity contribution in [2.45, 2.75) is 0 Å². The van der Waals surface area contributed by atoms with Gasteiger partial charge in [-0.05, 0) is 6.07 Å². The lowest BCUT2D eigenvalue weighted by Crippen LogP contribution is -2.11. The third kappa shape index (κ3) is 1.85. The fourth-order valence-corrected chi connectivity index (χ4v) is 1.30. The van der Waals surface area contributed by atoms with E-state index in [4.69, 9.17) is 5.73 Å². The van der Waals surface area contributed by atoms with Gasteiger partial charge in [-0.3, -0.25) is 14.5 Å². The Morgan fingerprint density at radius 3 is 2.73 bits per heavy atom. The molecule has 0 aliphatic carbocycles. The van der Waals surface area contributed by atoms with Crippen LogP contribution >= 0.6 is 0 Å². The molecule has 2 heterocycles. The van der Waals surface area contributed by atoms with Gasteiger partial charge in [-0.25, -0.2) is 0 Å². The van der Waals surface area contributed by atoms with Crippen molar-refractivity contribution in [1.29, 1.82) is 0 Å². The molecule has 15 heavy (non-hydrogen) atoms. The van der Waals surface area contributed by atoms with Gasteiger partial charge in [0.2, 0.25) is 5.91 Å². The lowest BCUT2D eigenvalue weighted by Gasteiger charge is -1.98. The highest BCUT2D eigenvalue weighted by molar-refractivity contribution is 5.93. The number of aromatic nitrogens is 3. The van der Waals surface area contributed by atoms with Crippen LogP contribution in [0.3, 0.4) is 0 Å². The number of rotatable bonds is 2. The summed E-state index contributed by atoms with van der Waals surface area (Å²) in [6, 6.07) is 1.70. The van der Waals surface area contributed by atoms with E-state index in [-0.39, 0.29) is 0 Å². The summed E-state index contributed by atoms with van der Waals surface area (Å²) in [5.41, 5.74) is 7.31. The van der Waals surface area contributed by atoms with E-state index in [9.17, 15) is 4.79 Å². The fraction of sp³-hybridized carbons (Fsp3) is 0.100. The van der Waals surface area contributed by atoms with Crippen LogP contribution in [-0.4, -0.2) is 20.7 Å². The zero-order chi connectivity index (χ0) is 10.8. The first kappa shape index (κ1) is 9.39. The molecule has 0 saturated carbocycles. The molecule has 76 valence electrons. The third-order valence-corrected chi connectivity index (χ3v) is 2.06. The Morgan fingerprint density at radius 1 is 1.33 bits per heavy atom. The van der Waals surface area contributed by atoms with Crippen molar-refractivity contribution in [2.75, 3.05) is 0 Å². The van der Waals surface area contributed by atoms with Gasteiger partial charge in [0.25, 0.3) is 0 Å². The minimum Gasteiger partial charge on any atom is -0.366 e. The summed E-state index contributed by atoms with van der Waals surface area (Å²) in [4.78, 5) is 14.9. The van der Waals surface area contributed by atoms with E-state index in [1.807, 2.05) is 13.2 Å². The van der Waals surface area contributed by atoms with E-state index in [2.05, 4.69) is 10.1 Å². The molecule has 0 unspecified atom stereocenters. The Kier molecular flexibility index (Phi) is 2.21. The van der Waals surface area contributed by atoms with E-state index in [0.717, 1.165) is 11.1 Å². The number of hydrogen-bond acceptors (Lipinski definition) is 3. The Morgan fingerprint density at radius 2 is 2.13 bits per heavy atom. The molecule has 0 saturated heterocycles. The average Bonchev–Trinajstić information content (AvgIpc) is 2.65. The van der Waals surface area contributed by atoms with E-state index in [0.29, 0.717) is 5.56 Å². The quantitative estimate of drug-likeness (QED) is 0.774. The number of nitrogens with zero attached hydrogens (tertiary/aromatic N) is 3. The van der Waals surface area contributed by atoms with Crippen molar-refractivity contribution in [3.8, 4) is 11.1 Å².